The average Bonchev–Trinajstić information content (AvgIpc) is 2.82. The summed E-state index contributed by atoms with van der Waals surface area (Å²) in [6.45, 7) is 3.25. The Hall–Kier alpha value is -2.02. The second kappa shape index (κ2) is 5.77. The van der Waals surface area contributed by atoms with Crippen LogP contribution in [0.15, 0.2) is 18.2 Å². The summed E-state index contributed by atoms with van der Waals surface area (Å²) in [4.78, 5) is 4.38. The van der Waals surface area contributed by atoms with Gasteiger partial charge in [-0.15, -0.1) is 0 Å². The minimum atomic E-state index is 0.525. The molecule has 0 spiro atoms. The summed E-state index contributed by atoms with van der Waals surface area (Å²) in [6.07, 6.45) is 6.51. The molecule has 4 nitrogen and oxygen atoms in total. The van der Waals surface area contributed by atoms with Gasteiger partial charge >= 0.3 is 0 Å². The molecule has 0 aliphatic heterocycles. The number of imidazole rings is 1. The van der Waals surface area contributed by atoms with E-state index in [9.17, 15) is 0 Å². The third-order valence-corrected chi connectivity index (χ3v) is 4.83. The molecule has 1 heterocycles. The number of nitrogens with two attached hydrogens (primary N) is 1. The molecule has 0 radical (unpaired) electrons. The van der Waals surface area contributed by atoms with E-state index in [0.717, 1.165) is 35.8 Å². The van der Waals surface area contributed by atoms with Crippen LogP contribution in [0.3, 0.4) is 0 Å². The number of para-hydroxylation sites is 1. The predicted octanol–water partition coefficient (Wildman–Crippen LogP) is 3.71. The zero-order valence-electron chi connectivity index (χ0n) is 12.5. The normalized spacial score (nSPS) is 22.3. The Kier molecular flexibility index (Phi) is 3.83. The molecule has 1 aliphatic rings. The maximum absolute atomic E-state index is 9.15. The summed E-state index contributed by atoms with van der Waals surface area (Å²) in [5, 5.41) is 9.15. The second-order valence-corrected chi connectivity index (χ2v) is 6.32. The van der Waals surface area contributed by atoms with Gasteiger partial charge in [0, 0.05) is 6.54 Å². The van der Waals surface area contributed by atoms with Gasteiger partial charge in [-0.25, -0.2) is 4.98 Å². The number of benzene rings is 1. The Balaban J connectivity index is 1.78. The topological polar surface area (TPSA) is 67.6 Å². The molecule has 1 aromatic carbocycles. The number of nitrogen functional groups attached to an aromatic ring is 1. The van der Waals surface area contributed by atoms with Crippen LogP contribution in [0.5, 0.6) is 0 Å². The van der Waals surface area contributed by atoms with Gasteiger partial charge in [0.2, 0.25) is 5.95 Å². The number of hydrogen-bond acceptors (Lipinski definition) is 3. The second-order valence-electron chi connectivity index (χ2n) is 6.32. The molecular weight excluding hydrogens is 260 g/mol. The Morgan fingerprint density at radius 3 is 2.81 bits per heavy atom. The molecule has 0 bridgehead atoms. The first-order valence-corrected chi connectivity index (χ1v) is 7.84. The van der Waals surface area contributed by atoms with E-state index in [0.29, 0.717) is 11.5 Å². The molecule has 110 valence electrons. The number of aromatic nitrogens is 2. The maximum atomic E-state index is 9.15. The molecule has 0 saturated heterocycles. The summed E-state index contributed by atoms with van der Waals surface area (Å²) in [5.74, 6) is 2.22. The van der Waals surface area contributed by atoms with E-state index in [1.54, 1.807) is 6.07 Å². The van der Waals surface area contributed by atoms with Crippen molar-refractivity contribution in [3.63, 3.8) is 0 Å². The van der Waals surface area contributed by atoms with Crippen molar-refractivity contribution in [3.8, 4) is 6.07 Å². The SMILES string of the molecule is CC1CCC(CCn2c(N)nc3c(C#N)cccc32)CC1. The lowest BCUT2D eigenvalue weighted by atomic mass is 9.81. The van der Waals surface area contributed by atoms with Gasteiger partial charge < -0.3 is 10.3 Å². The van der Waals surface area contributed by atoms with E-state index in [4.69, 9.17) is 11.0 Å². The first kappa shape index (κ1) is 13.9. The van der Waals surface area contributed by atoms with Crippen LogP contribution in [0, 0.1) is 23.2 Å². The molecular formula is C17H22N4. The highest BCUT2D eigenvalue weighted by Crippen LogP contribution is 2.31. The van der Waals surface area contributed by atoms with Gasteiger partial charge in [0.15, 0.2) is 0 Å². The molecule has 4 heteroatoms. The monoisotopic (exact) mass is 282 g/mol. The van der Waals surface area contributed by atoms with Gasteiger partial charge in [-0.3, -0.25) is 0 Å². The van der Waals surface area contributed by atoms with Gasteiger partial charge in [0.25, 0.3) is 0 Å². The van der Waals surface area contributed by atoms with E-state index in [2.05, 4.69) is 22.5 Å². The number of hydrogen-bond donors (Lipinski definition) is 1. The minimum Gasteiger partial charge on any atom is -0.369 e. The zero-order valence-corrected chi connectivity index (χ0v) is 12.5. The van der Waals surface area contributed by atoms with Crippen LogP contribution < -0.4 is 5.73 Å². The first-order valence-electron chi connectivity index (χ1n) is 7.84. The molecule has 1 aromatic heterocycles. The standard InChI is InChI=1S/C17H22N4/c1-12-5-7-13(8-6-12)9-10-21-15-4-2-3-14(11-18)16(15)20-17(21)19/h2-4,12-13H,5-10H2,1H3,(H2,19,20). The lowest BCUT2D eigenvalue weighted by Crippen LogP contribution is -2.15. The molecule has 21 heavy (non-hydrogen) atoms. The summed E-state index contributed by atoms with van der Waals surface area (Å²) >= 11 is 0. The van der Waals surface area contributed by atoms with E-state index in [-0.39, 0.29) is 0 Å². The third-order valence-electron chi connectivity index (χ3n) is 4.83. The zero-order chi connectivity index (χ0) is 14.8. The summed E-state index contributed by atoms with van der Waals surface area (Å²) in [6, 6.07) is 7.89. The molecule has 0 atom stereocenters. The van der Waals surface area contributed by atoms with Crippen LogP contribution in [0.4, 0.5) is 5.95 Å². The highest BCUT2D eigenvalue weighted by Gasteiger charge is 2.19. The molecule has 2 N–H and O–H groups in total. The van der Waals surface area contributed by atoms with Crippen molar-refractivity contribution in [2.45, 2.75) is 45.6 Å². The van der Waals surface area contributed by atoms with Gasteiger partial charge in [0.05, 0.1) is 11.1 Å². The molecule has 2 aromatic rings. The van der Waals surface area contributed by atoms with Crippen LogP contribution in [-0.4, -0.2) is 9.55 Å². The quantitative estimate of drug-likeness (QED) is 0.933. The smallest absolute Gasteiger partial charge is 0.201 e. The number of anilines is 1. The fraction of sp³-hybridized carbons (Fsp3) is 0.529. The Bertz CT molecular complexity index is 672. The number of nitrogens with zero attached hydrogens (tertiary/aromatic N) is 3. The third kappa shape index (κ3) is 2.73. The Morgan fingerprint density at radius 2 is 2.10 bits per heavy atom. The van der Waals surface area contributed by atoms with Crippen molar-refractivity contribution in [1.82, 2.24) is 9.55 Å². The number of aryl methyl sites for hydroxylation is 1. The highest BCUT2D eigenvalue weighted by molar-refractivity contribution is 5.83. The van der Waals surface area contributed by atoms with Gasteiger partial charge in [0.1, 0.15) is 11.6 Å². The fourth-order valence-electron chi connectivity index (χ4n) is 3.42. The molecule has 1 saturated carbocycles. The van der Waals surface area contributed by atoms with E-state index < -0.39 is 0 Å². The van der Waals surface area contributed by atoms with Crippen molar-refractivity contribution in [2.24, 2.45) is 11.8 Å². The number of nitriles is 1. The van der Waals surface area contributed by atoms with Gasteiger partial charge in [-0.1, -0.05) is 38.7 Å². The average molecular weight is 282 g/mol. The summed E-state index contributed by atoms with van der Waals surface area (Å²) < 4.78 is 2.06. The molecule has 1 aliphatic carbocycles. The van der Waals surface area contributed by atoms with E-state index >= 15 is 0 Å². The first-order chi connectivity index (χ1) is 10.2. The van der Waals surface area contributed by atoms with Crippen LogP contribution in [0.2, 0.25) is 0 Å². The Labute approximate surface area is 125 Å². The van der Waals surface area contributed by atoms with Crippen LogP contribution >= 0.6 is 0 Å². The van der Waals surface area contributed by atoms with Crippen molar-refractivity contribution in [3.05, 3.63) is 23.8 Å². The van der Waals surface area contributed by atoms with Crippen molar-refractivity contribution >= 4 is 17.0 Å². The molecule has 1 fully saturated rings. The summed E-state index contributed by atoms with van der Waals surface area (Å²) in [5.41, 5.74) is 8.37. The minimum absolute atomic E-state index is 0.525. The van der Waals surface area contributed by atoms with E-state index in [1.807, 2.05) is 12.1 Å². The predicted molar refractivity (Wildman–Crippen MR) is 84.6 cm³/mol. The van der Waals surface area contributed by atoms with Gasteiger partial charge in [-0.05, 0) is 30.4 Å². The molecule has 0 amide bonds. The Morgan fingerprint density at radius 1 is 1.33 bits per heavy atom. The number of rotatable bonds is 3. The highest BCUT2D eigenvalue weighted by atomic mass is 15.1. The molecule has 3 rings (SSSR count). The van der Waals surface area contributed by atoms with Crippen molar-refractivity contribution in [2.75, 3.05) is 5.73 Å². The van der Waals surface area contributed by atoms with Crippen molar-refractivity contribution < 1.29 is 0 Å². The lowest BCUT2D eigenvalue weighted by Gasteiger charge is -2.26. The lowest BCUT2D eigenvalue weighted by molar-refractivity contribution is 0.270. The maximum Gasteiger partial charge on any atom is 0.201 e. The van der Waals surface area contributed by atoms with E-state index in [1.165, 1.54) is 25.7 Å². The summed E-state index contributed by atoms with van der Waals surface area (Å²) in [7, 11) is 0. The number of fused-ring (bicyclic) bond motifs is 1. The largest absolute Gasteiger partial charge is 0.369 e. The van der Waals surface area contributed by atoms with Crippen molar-refractivity contribution in [1.29, 1.82) is 5.26 Å². The fourth-order valence-corrected chi connectivity index (χ4v) is 3.42. The van der Waals surface area contributed by atoms with Crippen LogP contribution in [0.25, 0.3) is 11.0 Å². The van der Waals surface area contributed by atoms with Gasteiger partial charge in [-0.2, -0.15) is 5.26 Å². The van der Waals surface area contributed by atoms with Crippen LogP contribution in [0.1, 0.15) is 44.6 Å². The molecule has 0 unspecified atom stereocenters. The van der Waals surface area contributed by atoms with Crippen LogP contribution in [-0.2, 0) is 6.54 Å².